The van der Waals surface area contributed by atoms with Gasteiger partial charge < -0.3 is 15.0 Å². The molecule has 1 aromatic rings. The highest BCUT2D eigenvalue weighted by molar-refractivity contribution is 6.46. The van der Waals surface area contributed by atoms with Gasteiger partial charge in [0.2, 0.25) is 5.91 Å². The molecular formula is C16H24BNO3. The second-order valence-electron chi connectivity index (χ2n) is 7.01. The zero-order chi connectivity index (χ0) is 15.6. The second-order valence-corrected chi connectivity index (χ2v) is 7.01. The zero-order valence-electron chi connectivity index (χ0n) is 13.3. The molecule has 1 aromatic carbocycles. The number of amides is 1. The predicted molar refractivity (Wildman–Crippen MR) is 84.1 cm³/mol. The van der Waals surface area contributed by atoms with Gasteiger partial charge in [-0.1, -0.05) is 39.0 Å². The fourth-order valence-electron chi connectivity index (χ4n) is 2.47. The van der Waals surface area contributed by atoms with Crippen LogP contribution in [0.3, 0.4) is 0 Å². The van der Waals surface area contributed by atoms with Crippen LogP contribution in [0.15, 0.2) is 18.2 Å². The molecule has 1 heterocycles. The predicted octanol–water partition coefficient (Wildman–Crippen LogP) is 2.26. The third kappa shape index (κ3) is 4.24. The van der Waals surface area contributed by atoms with Crippen LogP contribution in [0.4, 0.5) is 0 Å². The molecule has 21 heavy (non-hydrogen) atoms. The summed E-state index contributed by atoms with van der Waals surface area (Å²) in [7, 11) is -0.989. The largest absolute Gasteiger partial charge is 0.547 e. The van der Waals surface area contributed by atoms with Crippen LogP contribution in [0.1, 0.15) is 44.7 Å². The summed E-state index contributed by atoms with van der Waals surface area (Å²) < 4.78 is 5.56. The first kappa shape index (κ1) is 15.9. The summed E-state index contributed by atoms with van der Waals surface area (Å²) in [6, 6.07) is 5.89. The van der Waals surface area contributed by atoms with E-state index in [1.807, 2.05) is 25.1 Å². The third-order valence-electron chi connectivity index (χ3n) is 3.76. The van der Waals surface area contributed by atoms with E-state index < -0.39 is 7.12 Å². The Hall–Kier alpha value is -1.49. The summed E-state index contributed by atoms with van der Waals surface area (Å²) in [6.07, 6.45) is 1.88. The van der Waals surface area contributed by atoms with Crippen molar-refractivity contribution in [3.63, 3.8) is 0 Å². The summed E-state index contributed by atoms with van der Waals surface area (Å²) in [5.74, 6) is 0.325. The number of hydrogen-bond acceptors (Lipinski definition) is 3. The molecule has 0 radical (unpaired) electrons. The maximum atomic E-state index is 12.0. The van der Waals surface area contributed by atoms with E-state index in [-0.39, 0.29) is 17.3 Å². The van der Waals surface area contributed by atoms with E-state index in [2.05, 4.69) is 26.1 Å². The minimum atomic E-state index is -0.989. The summed E-state index contributed by atoms with van der Waals surface area (Å²) in [4.78, 5) is 12.0. The van der Waals surface area contributed by atoms with Gasteiger partial charge in [-0.25, -0.2) is 0 Å². The quantitative estimate of drug-likeness (QED) is 0.839. The molecule has 1 atom stereocenters. The van der Waals surface area contributed by atoms with E-state index in [1.165, 1.54) is 0 Å². The van der Waals surface area contributed by atoms with E-state index in [9.17, 15) is 9.82 Å². The van der Waals surface area contributed by atoms with Gasteiger partial charge in [-0.2, -0.15) is 0 Å². The number of carbonyl (C=O) groups excluding carboxylic acids is 1. The number of aryl methyl sites for hydroxylation is 1. The molecule has 0 saturated heterocycles. The number of hydrogen-bond donors (Lipinski definition) is 2. The van der Waals surface area contributed by atoms with Gasteiger partial charge in [0.15, 0.2) is 0 Å². The van der Waals surface area contributed by atoms with Crippen molar-refractivity contribution in [2.24, 2.45) is 5.41 Å². The van der Waals surface area contributed by atoms with Gasteiger partial charge >= 0.3 is 7.12 Å². The van der Waals surface area contributed by atoms with E-state index in [4.69, 9.17) is 4.65 Å². The monoisotopic (exact) mass is 289 g/mol. The van der Waals surface area contributed by atoms with E-state index in [0.29, 0.717) is 12.8 Å². The van der Waals surface area contributed by atoms with Crippen LogP contribution in [-0.2, 0) is 11.2 Å². The van der Waals surface area contributed by atoms with Crippen molar-refractivity contribution in [2.75, 3.05) is 0 Å². The topological polar surface area (TPSA) is 58.6 Å². The van der Waals surface area contributed by atoms with Crippen LogP contribution < -0.4 is 9.97 Å². The highest BCUT2D eigenvalue weighted by Crippen LogP contribution is 2.29. The number of carbonyl (C=O) groups is 1. The van der Waals surface area contributed by atoms with Crippen molar-refractivity contribution in [1.82, 2.24) is 5.32 Å². The minimum absolute atomic E-state index is 0.0336. The fraction of sp³-hybridized carbons (Fsp3) is 0.562. The summed E-state index contributed by atoms with van der Waals surface area (Å²) >= 11 is 0. The lowest BCUT2D eigenvalue weighted by Gasteiger charge is -2.29. The van der Waals surface area contributed by atoms with Crippen LogP contribution in [-0.4, -0.2) is 24.0 Å². The van der Waals surface area contributed by atoms with Crippen molar-refractivity contribution in [2.45, 2.75) is 52.9 Å². The average Bonchev–Trinajstić information content (AvgIpc) is 2.38. The fourth-order valence-corrected chi connectivity index (χ4v) is 2.47. The lowest BCUT2D eigenvalue weighted by atomic mass is 9.72. The molecule has 0 unspecified atom stereocenters. The smallest absolute Gasteiger partial charge is 0.534 e. The average molecular weight is 289 g/mol. The molecule has 0 spiro atoms. The van der Waals surface area contributed by atoms with Gasteiger partial charge in [-0.3, -0.25) is 4.79 Å². The Bertz CT molecular complexity index is 525. The Labute approximate surface area is 127 Å². The normalized spacial score (nSPS) is 18.0. The molecule has 0 aliphatic carbocycles. The van der Waals surface area contributed by atoms with Crippen molar-refractivity contribution in [3.8, 4) is 5.75 Å². The molecule has 4 nitrogen and oxygen atoms in total. The Morgan fingerprint density at radius 2 is 2.19 bits per heavy atom. The van der Waals surface area contributed by atoms with Crippen LogP contribution in [0, 0.1) is 12.3 Å². The standard InChI is InChI=1S/C16H24BNO3/c1-11-6-5-7-12-10-13(17(20)21-15(11)12)18-14(19)8-9-16(2,3)4/h5-7,13,20H,8-10H2,1-4H3,(H,18,19)/t13-/m0/s1. The number of fused-ring (bicyclic) bond motifs is 1. The Morgan fingerprint density at radius 3 is 2.86 bits per heavy atom. The van der Waals surface area contributed by atoms with Crippen molar-refractivity contribution >= 4 is 13.0 Å². The van der Waals surface area contributed by atoms with E-state index in [1.54, 1.807) is 0 Å². The van der Waals surface area contributed by atoms with Crippen LogP contribution in [0.25, 0.3) is 0 Å². The van der Waals surface area contributed by atoms with Crippen molar-refractivity contribution < 1.29 is 14.5 Å². The van der Waals surface area contributed by atoms with Crippen LogP contribution >= 0.6 is 0 Å². The second kappa shape index (κ2) is 6.10. The SMILES string of the molecule is Cc1cccc2c1OB(O)[C@@H](NC(=O)CCC(C)(C)C)C2. The van der Waals surface area contributed by atoms with Gasteiger partial charge in [0.25, 0.3) is 0 Å². The molecule has 2 rings (SSSR count). The van der Waals surface area contributed by atoms with Gasteiger partial charge in [-0.05, 0) is 36.3 Å². The number of benzene rings is 1. The summed E-state index contributed by atoms with van der Waals surface area (Å²) in [5.41, 5.74) is 2.16. The number of rotatable bonds is 3. The first-order chi connectivity index (χ1) is 9.76. The highest BCUT2D eigenvalue weighted by Gasteiger charge is 2.36. The van der Waals surface area contributed by atoms with Gasteiger partial charge in [-0.15, -0.1) is 0 Å². The van der Waals surface area contributed by atoms with E-state index in [0.717, 1.165) is 23.3 Å². The lowest BCUT2D eigenvalue weighted by Crippen LogP contribution is -2.53. The summed E-state index contributed by atoms with van der Waals surface area (Å²) in [5, 5.41) is 13.0. The molecule has 1 aliphatic rings. The maximum Gasteiger partial charge on any atom is 0.547 e. The van der Waals surface area contributed by atoms with Crippen LogP contribution in [0.2, 0.25) is 0 Å². The van der Waals surface area contributed by atoms with Crippen molar-refractivity contribution in [3.05, 3.63) is 29.3 Å². The zero-order valence-corrected chi connectivity index (χ0v) is 13.3. The van der Waals surface area contributed by atoms with E-state index >= 15 is 0 Å². The molecular weight excluding hydrogens is 265 g/mol. The maximum absolute atomic E-state index is 12.0. The Balaban J connectivity index is 1.98. The molecule has 0 saturated carbocycles. The van der Waals surface area contributed by atoms with Gasteiger partial charge in [0.05, 0.1) is 5.94 Å². The highest BCUT2D eigenvalue weighted by atomic mass is 16.5. The number of nitrogens with one attached hydrogen (secondary N) is 1. The Morgan fingerprint density at radius 1 is 1.48 bits per heavy atom. The lowest BCUT2D eigenvalue weighted by molar-refractivity contribution is -0.122. The summed E-state index contributed by atoms with van der Waals surface area (Å²) in [6.45, 7) is 8.28. The first-order valence-corrected chi connectivity index (χ1v) is 7.49. The molecule has 114 valence electrons. The molecule has 0 fully saturated rings. The minimum Gasteiger partial charge on any atom is -0.534 e. The molecule has 5 heteroatoms. The molecule has 2 N–H and O–H groups in total. The first-order valence-electron chi connectivity index (χ1n) is 7.49. The molecule has 1 aliphatic heterocycles. The number of para-hydroxylation sites is 1. The molecule has 1 amide bonds. The van der Waals surface area contributed by atoms with Gasteiger partial charge in [0, 0.05) is 6.42 Å². The third-order valence-corrected chi connectivity index (χ3v) is 3.76. The molecule has 0 aromatic heterocycles. The van der Waals surface area contributed by atoms with Crippen molar-refractivity contribution in [1.29, 1.82) is 0 Å². The van der Waals surface area contributed by atoms with Gasteiger partial charge in [0.1, 0.15) is 5.75 Å². The molecule has 0 bridgehead atoms. The Kier molecular flexibility index (Phi) is 4.62. The van der Waals surface area contributed by atoms with Crippen LogP contribution in [0.5, 0.6) is 5.75 Å².